The van der Waals surface area contributed by atoms with Gasteiger partial charge in [-0.3, -0.25) is 24.6 Å². The van der Waals surface area contributed by atoms with E-state index in [0.29, 0.717) is 21.3 Å². The number of aromatic nitrogens is 2. The standard InChI is InChI=1S/C22H18Cl2N4O6/c1-11(19-21(30)20(27(2)26-19)13-5-7-15(23)16(24)8-13)25-10-18(29)12-4-6-14(22(31)34-3)17(9-12)28(32)33/h4-9,30H,10H2,1-3H3. The van der Waals surface area contributed by atoms with Crippen LogP contribution < -0.4 is 0 Å². The zero-order chi connectivity index (χ0) is 25.2. The van der Waals surface area contributed by atoms with Crippen molar-refractivity contribution in [3.8, 4) is 17.0 Å². The quantitative estimate of drug-likeness (QED) is 0.164. The van der Waals surface area contributed by atoms with Gasteiger partial charge in [0.25, 0.3) is 5.69 Å². The number of Topliss-reactive ketones (excluding diaryl/α,β-unsaturated/α-hetero) is 1. The topological polar surface area (TPSA) is 137 Å². The van der Waals surface area contributed by atoms with Gasteiger partial charge in [0.15, 0.2) is 11.5 Å². The summed E-state index contributed by atoms with van der Waals surface area (Å²) in [5, 5.41) is 27.0. The van der Waals surface area contributed by atoms with E-state index >= 15 is 0 Å². The zero-order valence-electron chi connectivity index (χ0n) is 18.2. The van der Waals surface area contributed by atoms with E-state index in [1.165, 1.54) is 10.7 Å². The van der Waals surface area contributed by atoms with Gasteiger partial charge in [-0.1, -0.05) is 29.3 Å². The Kier molecular flexibility index (Phi) is 7.33. The number of aliphatic imine (C=N–C) groups is 1. The molecule has 0 saturated carbocycles. The number of aryl methyl sites for hydroxylation is 1. The summed E-state index contributed by atoms with van der Waals surface area (Å²) in [5.74, 6) is -1.57. The first-order valence-electron chi connectivity index (χ1n) is 9.67. The number of hydrogen-bond donors (Lipinski definition) is 1. The highest BCUT2D eigenvalue weighted by molar-refractivity contribution is 6.42. The molecule has 0 amide bonds. The van der Waals surface area contributed by atoms with Crippen LogP contribution in [0, 0.1) is 10.1 Å². The molecule has 0 aliphatic heterocycles. The first kappa shape index (κ1) is 24.9. The molecular formula is C22H18Cl2N4O6. The van der Waals surface area contributed by atoms with Crippen LogP contribution in [0.5, 0.6) is 5.75 Å². The largest absolute Gasteiger partial charge is 0.504 e. The number of hydrogen-bond acceptors (Lipinski definition) is 8. The van der Waals surface area contributed by atoms with E-state index in [1.807, 2.05) is 0 Å². The van der Waals surface area contributed by atoms with E-state index in [1.54, 1.807) is 32.2 Å². The van der Waals surface area contributed by atoms with Gasteiger partial charge in [-0.05, 0) is 31.2 Å². The molecule has 0 saturated heterocycles. The summed E-state index contributed by atoms with van der Waals surface area (Å²) in [7, 11) is 2.73. The maximum absolute atomic E-state index is 12.6. The summed E-state index contributed by atoms with van der Waals surface area (Å²) >= 11 is 12.0. The third-order valence-corrected chi connectivity index (χ3v) is 5.68. The summed E-state index contributed by atoms with van der Waals surface area (Å²) in [6.45, 7) is 1.20. The van der Waals surface area contributed by atoms with Gasteiger partial charge in [-0.15, -0.1) is 0 Å². The average molecular weight is 505 g/mol. The number of aromatic hydroxyl groups is 1. The van der Waals surface area contributed by atoms with E-state index in [0.717, 1.165) is 19.2 Å². The summed E-state index contributed by atoms with van der Waals surface area (Å²) in [6.07, 6.45) is 0. The van der Waals surface area contributed by atoms with E-state index in [4.69, 9.17) is 23.2 Å². The fourth-order valence-electron chi connectivity index (χ4n) is 3.22. The number of carbonyl (C=O) groups excluding carboxylic acids is 2. The Bertz CT molecular complexity index is 1350. The average Bonchev–Trinajstić information content (AvgIpc) is 3.11. The molecule has 0 bridgehead atoms. The first-order chi connectivity index (χ1) is 16.0. The predicted octanol–water partition coefficient (Wildman–Crippen LogP) is 4.49. The summed E-state index contributed by atoms with van der Waals surface area (Å²) in [6, 6.07) is 8.30. The lowest BCUT2D eigenvalue weighted by Gasteiger charge is -2.05. The Morgan fingerprint density at radius 3 is 2.53 bits per heavy atom. The Labute approximate surface area is 203 Å². The number of methoxy groups -OCH3 is 1. The van der Waals surface area contributed by atoms with Gasteiger partial charge < -0.3 is 9.84 Å². The number of ether oxygens (including phenoxy) is 1. The number of nitro groups is 1. The molecule has 0 spiro atoms. The summed E-state index contributed by atoms with van der Waals surface area (Å²) in [5.41, 5.74) is 0.567. The zero-order valence-corrected chi connectivity index (χ0v) is 19.7. The first-order valence-corrected chi connectivity index (χ1v) is 10.4. The van der Waals surface area contributed by atoms with Gasteiger partial charge in [0, 0.05) is 24.2 Å². The molecule has 0 radical (unpaired) electrons. The highest BCUT2D eigenvalue weighted by Crippen LogP contribution is 2.35. The minimum absolute atomic E-state index is 0.00218. The van der Waals surface area contributed by atoms with Crippen LogP contribution in [0.2, 0.25) is 10.0 Å². The van der Waals surface area contributed by atoms with Crippen LogP contribution in [0.3, 0.4) is 0 Å². The van der Waals surface area contributed by atoms with E-state index < -0.39 is 22.4 Å². The second-order valence-corrected chi connectivity index (χ2v) is 7.92. The molecule has 0 aliphatic carbocycles. The molecule has 12 heteroatoms. The lowest BCUT2D eigenvalue weighted by Crippen LogP contribution is -2.10. The molecule has 0 unspecified atom stereocenters. The number of ketones is 1. The molecule has 176 valence electrons. The van der Waals surface area contributed by atoms with Crippen molar-refractivity contribution in [1.29, 1.82) is 0 Å². The highest BCUT2D eigenvalue weighted by Gasteiger charge is 2.23. The van der Waals surface area contributed by atoms with Crippen molar-refractivity contribution in [3.63, 3.8) is 0 Å². The van der Waals surface area contributed by atoms with Crippen molar-refractivity contribution >= 4 is 46.4 Å². The van der Waals surface area contributed by atoms with E-state index in [-0.39, 0.29) is 34.8 Å². The summed E-state index contributed by atoms with van der Waals surface area (Å²) < 4.78 is 5.97. The molecule has 2 aromatic carbocycles. The van der Waals surface area contributed by atoms with Crippen molar-refractivity contribution in [2.24, 2.45) is 12.0 Å². The molecule has 1 N–H and O–H groups in total. The van der Waals surface area contributed by atoms with Crippen molar-refractivity contribution in [2.45, 2.75) is 6.92 Å². The number of nitro benzene ring substituents is 1. The van der Waals surface area contributed by atoms with Gasteiger partial charge >= 0.3 is 5.97 Å². The van der Waals surface area contributed by atoms with Gasteiger partial charge in [-0.25, -0.2) is 4.79 Å². The number of esters is 1. The van der Waals surface area contributed by atoms with Crippen LogP contribution >= 0.6 is 23.2 Å². The van der Waals surface area contributed by atoms with Crippen LogP contribution in [0.4, 0.5) is 5.69 Å². The van der Waals surface area contributed by atoms with Gasteiger partial charge in [-0.2, -0.15) is 5.10 Å². The minimum Gasteiger partial charge on any atom is -0.504 e. The maximum Gasteiger partial charge on any atom is 0.344 e. The molecular weight excluding hydrogens is 487 g/mol. The van der Waals surface area contributed by atoms with Crippen LogP contribution in [0.1, 0.15) is 33.3 Å². The van der Waals surface area contributed by atoms with Gasteiger partial charge in [0.1, 0.15) is 23.5 Å². The van der Waals surface area contributed by atoms with Crippen LogP contribution in [0.15, 0.2) is 41.4 Å². The molecule has 0 aliphatic rings. The normalized spacial score (nSPS) is 11.4. The van der Waals surface area contributed by atoms with Crippen LogP contribution in [-0.4, -0.2) is 50.9 Å². The molecule has 10 nitrogen and oxygen atoms in total. The third-order valence-electron chi connectivity index (χ3n) is 4.94. The Morgan fingerprint density at radius 1 is 1.21 bits per heavy atom. The maximum atomic E-state index is 12.6. The number of rotatable bonds is 7. The second-order valence-electron chi connectivity index (χ2n) is 7.10. The molecule has 0 atom stereocenters. The fourth-order valence-corrected chi connectivity index (χ4v) is 3.52. The Balaban J connectivity index is 1.87. The van der Waals surface area contributed by atoms with Crippen molar-refractivity contribution < 1.29 is 24.4 Å². The highest BCUT2D eigenvalue weighted by atomic mass is 35.5. The van der Waals surface area contributed by atoms with Gasteiger partial charge in [0.2, 0.25) is 0 Å². The lowest BCUT2D eigenvalue weighted by atomic mass is 10.1. The number of halogens is 2. The van der Waals surface area contributed by atoms with Crippen LogP contribution in [0.25, 0.3) is 11.3 Å². The Hall–Kier alpha value is -3.76. The summed E-state index contributed by atoms with van der Waals surface area (Å²) in [4.78, 5) is 39.0. The second kappa shape index (κ2) is 10.0. The number of benzene rings is 2. The SMILES string of the molecule is COC(=O)c1ccc(C(=O)CN=C(C)c2nn(C)c(-c3ccc(Cl)c(Cl)c3)c2O)cc1[N+](=O)[O-]. The molecule has 1 heterocycles. The number of nitrogens with zero attached hydrogens (tertiary/aromatic N) is 4. The monoisotopic (exact) mass is 504 g/mol. The van der Waals surface area contributed by atoms with Crippen molar-refractivity contribution in [1.82, 2.24) is 9.78 Å². The minimum atomic E-state index is -0.886. The van der Waals surface area contributed by atoms with E-state index in [2.05, 4.69) is 14.8 Å². The molecule has 3 rings (SSSR count). The molecule has 1 aromatic heterocycles. The Morgan fingerprint density at radius 2 is 1.91 bits per heavy atom. The van der Waals surface area contributed by atoms with Crippen molar-refractivity contribution in [3.05, 3.63) is 73.4 Å². The van der Waals surface area contributed by atoms with Crippen molar-refractivity contribution in [2.75, 3.05) is 13.7 Å². The smallest absolute Gasteiger partial charge is 0.344 e. The predicted molar refractivity (Wildman–Crippen MR) is 126 cm³/mol. The molecule has 3 aromatic rings. The van der Waals surface area contributed by atoms with E-state index in [9.17, 15) is 24.8 Å². The third kappa shape index (κ3) is 4.92. The lowest BCUT2D eigenvalue weighted by molar-refractivity contribution is -0.385. The molecule has 0 fully saturated rings. The number of carbonyl (C=O) groups is 2. The van der Waals surface area contributed by atoms with Gasteiger partial charge in [0.05, 0.1) is 27.8 Å². The molecule has 34 heavy (non-hydrogen) atoms. The fraction of sp³-hybridized carbons (Fsp3) is 0.182. The van der Waals surface area contributed by atoms with Crippen LogP contribution in [-0.2, 0) is 11.8 Å².